The monoisotopic (exact) mass is 422 g/mol. The highest BCUT2D eigenvalue weighted by molar-refractivity contribution is 5.66. The summed E-state index contributed by atoms with van der Waals surface area (Å²) in [6.45, 7) is 7.00. The largest absolute Gasteiger partial charge is 0.497 e. The Hall–Kier alpha value is -2.17. The molecule has 2 aromatic carbocycles. The van der Waals surface area contributed by atoms with Gasteiger partial charge in [-0.1, -0.05) is 42.5 Å². The van der Waals surface area contributed by atoms with Gasteiger partial charge >= 0.3 is 0 Å². The molecule has 0 N–H and O–H groups in total. The molecule has 1 heterocycles. The molecule has 2 unspecified atom stereocenters. The van der Waals surface area contributed by atoms with Crippen LogP contribution in [0, 0.1) is 5.41 Å². The third-order valence-electron chi connectivity index (χ3n) is 6.13. The van der Waals surface area contributed by atoms with Gasteiger partial charge in [-0.3, -0.25) is 4.99 Å². The molecule has 0 radical (unpaired) electrons. The van der Waals surface area contributed by atoms with E-state index in [1.165, 1.54) is 11.1 Å². The average molecular weight is 423 g/mol. The highest BCUT2D eigenvalue weighted by Crippen LogP contribution is 2.38. The lowest BCUT2D eigenvalue weighted by Crippen LogP contribution is -2.47. The van der Waals surface area contributed by atoms with Crippen molar-refractivity contribution in [1.29, 1.82) is 0 Å². The molecule has 0 aliphatic carbocycles. The highest BCUT2D eigenvalue weighted by atomic mass is 16.5. The number of ether oxygens (including phenoxy) is 2. The van der Waals surface area contributed by atoms with Crippen molar-refractivity contribution in [2.75, 3.05) is 40.9 Å². The summed E-state index contributed by atoms with van der Waals surface area (Å²) in [4.78, 5) is 7.25. The Morgan fingerprint density at radius 1 is 1.06 bits per heavy atom. The topological polar surface area (TPSA) is 34.1 Å². The number of benzene rings is 2. The molecule has 0 amide bonds. The Morgan fingerprint density at radius 3 is 2.35 bits per heavy atom. The zero-order chi connectivity index (χ0) is 22.3. The Morgan fingerprint density at radius 2 is 1.74 bits per heavy atom. The molecule has 1 aliphatic rings. The van der Waals surface area contributed by atoms with Crippen LogP contribution in [0.5, 0.6) is 5.75 Å². The van der Waals surface area contributed by atoms with Gasteiger partial charge in [0.2, 0.25) is 0 Å². The maximum absolute atomic E-state index is 5.99. The molecule has 0 saturated carbocycles. The van der Waals surface area contributed by atoms with E-state index < -0.39 is 0 Å². The smallest absolute Gasteiger partial charge is 0.118 e. The number of hydrogen-bond donors (Lipinski definition) is 0. The quantitative estimate of drug-likeness (QED) is 0.506. The summed E-state index contributed by atoms with van der Waals surface area (Å²) in [5.74, 6) is 1.21. The minimum atomic E-state index is -0.101. The van der Waals surface area contributed by atoms with Crippen LogP contribution in [-0.2, 0) is 4.74 Å². The van der Waals surface area contributed by atoms with Crippen LogP contribution >= 0.6 is 0 Å². The minimum absolute atomic E-state index is 0.0770. The van der Waals surface area contributed by atoms with E-state index in [1.807, 2.05) is 12.1 Å². The first-order valence-corrected chi connectivity index (χ1v) is 11.3. The first kappa shape index (κ1) is 23.5. The maximum Gasteiger partial charge on any atom is 0.118 e. The van der Waals surface area contributed by atoms with Crippen LogP contribution in [0.25, 0.3) is 0 Å². The summed E-state index contributed by atoms with van der Waals surface area (Å²) in [6.07, 6.45) is 5.25. The van der Waals surface area contributed by atoms with Crippen LogP contribution in [0.3, 0.4) is 0 Å². The van der Waals surface area contributed by atoms with E-state index in [1.54, 1.807) is 7.11 Å². The molecule has 1 fully saturated rings. The standard InChI is InChI=1S/C27H38N2O2/c1-26(2)19-27(16-18-31-26,21-29(3)4)20-28-17-15-25(22-9-7-6-8-10-22)23-11-13-24(30-5)14-12-23/h6-14,20,25H,15-19,21H2,1-5H3. The van der Waals surface area contributed by atoms with Gasteiger partial charge in [-0.05, 0) is 70.5 Å². The highest BCUT2D eigenvalue weighted by Gasteiger charge is 2.40. The molecule has 0 aromatic heterocycles. The molecule has 2 atom stereocenters. The Balaban J connectivity index is 1.75. The lowest BCUT2D eigenvalue weighted by atomic mass is 9.74. The predicted molar refractivity (Wildman–Crippen MR) is 130 cm³/mol. The van der Waals surface area contributed by atoms with Gasteiger partial charge in [-0.15, -0.1) is 0 Å². The zero-order valence-corrected chi connectivity index (χ0v) is 19.8. The molecular weight excluding hydrogens is 384 g/mol. The van der Waals surface area contributed by atoms with E-state index in [0.717, 1.165) is 44.7 Å². The third kappa shape index (κ3) is 6.65. The van der Waals surface area contributed by atoms with Gasteiger partial charge in [-0.2, -0.15) is 0 Å². The molecule has 0 bridgehead atoms. The van der Waals surface area contributed by atoms with Crippen molar-refractivity contribution < 1.29 is 9.47 Å². The zero-order valence-electron chi connectivity index (χ0n) is 19.8. The van der Waals surface area contributed by atoms with E-state index in [2.05, 4.69) is 81.5 Å². The van der Waals surface area contributed by atoms with Crippen LogP contribution < -0.4 is 4.74 Å². The van der Waals surface area contributed by atoms with Crippen molar-refractivity contribution in [2.24, 2.45) is 10.4 Å². The van der Waals surface area contributed by atoms with E-state index in [4.69, 9.17) is 14.5 Å². The summed E-state index contributed by atoms with van der Waals surface area (Å²) in [7, 11) is 6.00. The van der Waals surface area contributed by atoms with Crippen molar-refractivity contribution in [1.82, 2.24) is 4.90 Å². The summed E-state index contributed by atoms with van der Waals surface area (Å²) in [5.41, 5.74) is 2.61. The SMILES string of the molecule is COc1ccc(C(CCN=CC2(CN(C)C)CCOC(C)(C)C2)c2ccccc2)cc1. The molecule has 31 heavy (non-hydrogen) atoms. The fourth-order valence-corrected chi connectivity index (χ4v) is 4.94. The number of methoxy groups -OCH3 is 1. The van der Waals surface area contributed by atoms with E-state index in [9.17, 15) is 0 Å². The molecule has 4 nitrogen and oxygen atoms in total. The molecule has 1 aliphatic heterocycles. The molecule has 1 saturated heterocycles. The summed E-state index contributed by atoms with van der Waals surface area (Å²) >= 11 is 0. The summed E-state index contributed by atoms with van der Waals surface area (Å²) in [5, 5.41) is 0. The Labute approximate surface area is 188 Å². The number of hydrogen-bond acceptors (Lipinski definition) is 4. The van der Waals surface area contributed by atoms with Crippen molar-refractivity contribution in [3.8, 4) is 5.75 Å². The fourth-order valence-electron chi connectivity index (χ4n) is 4.94. The second-order valence-corrected chi connectivity index (χ2v) is 9.70. The van der Waals surface area contributed by atoms with Crippen LogP contribution in [-0.4, -0.2) is 57.6 Å². The number of aliphatic imine (C=N–C) groups is 1. The first-order chi connectivity index (χ1) is 14.8. The predicted octanol–water partition coefficient (Wildman–Crippen LogP) is 5.43. The van der Waals surface area contributed by atoms with Gasteiger partial charge in [0, 0.05) is 37.2 Å². The van der Waals surface area contributed by atoms with E-state index in [0.29, 0.717) is 5.92 Å². The summed E-state index contributed by atoms with van der Waals surface area (Å²) < 4.78 is 11.3. The van der Waals surface area contributed by atoms with Crippen molar-refractivity contribution in [3.63, 3.8) is 0 Å². The fraction of sp³-hybridized carbons (Fsp3) is 0.519. The van der Waals surface area contributed by atoms with Crippen LogP contribution in [0.1, 0.15) is 50.2 Å². The van der Waals surface area contributed by atoms with Crippen LogP contribution in [0.2, 0.25) is 0 Å². The molecular formula is C27H38N2O2. The number of nitrogens with zero attached hydrogens (tertiary/aromatic N) is 2. The third-order valence-corrected chi connectivity index (χ3v) is 6.13. The van der Waals surface area contributed by atoms with E-state index in [-0.39, 0.29) is 11.0 Å². The second-order valence-electron chi connectivity index (χ2n) is 9.70. The van der Waals surface area contributed by atoms with E-state index >= 15 is 0 Å². The van der Waals surface area contributed by atoms with Crippen molar-refractivity contribution in [3.05, 3.63) is 65.7 Å². The van der Waals surface area contributed by atoms with Gasteiger partial charge < -0.3 is 14.4 Å². The lowest BCUT2D eigenvalue weighted by molar-refractivity contribution is -0.0887. The molecule has 0 spiro atoms. The molecule has 4 heteroatoms. The van der Waals surface area contributed by atoms with Crippen molar-refractivity contribution >= 4 is 6.21 Å². The summed E-state index contributed by atoms with van der Waals surface area (Å²) in [6, 6.07) is 19.2. The minimum Gasteiger partial charge on any atom is -0.497 e. The Kier molecular flexibility index (Phi) is 7.90. The molecule has 3 rings (SSSR count). The van der Waals surface area contributed by atoms with Gasteiger partial charge in [0.25, 0.3) is 0 Å². The first-order valence-electron chi connectivity index (χ1n) is 11.3. The average Bonchev–Trinajstić information content (AvgIpc) is 2.73. The molecule has 168 valence electrons. The Bertz CT molecular complexity index is 830. The van der Waals surface area contributed by atoms with Crippen LogP contribution in [0.15, 0.2) is 59.6 Å². The number of rotatable bonds is 9. The van der Waals surface area contributed by atoms with Gasteiger partial charge in [0.15, 0.2) is 0 Å². The lowest BCUT2D eigenvalue weighted by Gasteiger charge is -2.44. The normalized spacial score (nSPS) is 22.0. The van der Waals surface area contributed by atoms with Gasteiger partial charge in [0.05, 0.1) is 12.7 Å². The van der Waals surface area contributed by atoms with Gasteiger partial charge in [-0.25, -0.2) is 0 Å². The van der Waals surface area contributed by atoms with Crippen LogP contribution in [0.4, 0.5) is 0 Å². The van der Waals surface area contributed by atoms with Crippen molar-refractivity contribution in [2.45, 2.75) is 44.6 Å². The molecule has 2 aromatic rings. The second kappa shape index (κ2) is 10.4. The maximum atomic E-state index is 5.99. The van der Waals surface area contributed by atoms with Gasteiger partial charge in [0.1, 0.15) is 5.75 Å².